The minimum Gasteiger partial charge on any atom is -0.380 e. The number of hydrogen-bond donors (Lipinski definition) is 3. The van der Waals surface area contributed by atoms with E-state index in [9.17, 15) is 4.79 Å². The highest BCUT2D eigenvalue weighted by atomic mass is 79.9. The number of nitrogens with one attached hydrogen (secondary N) is 3. The highest BCUT2D eigenvalue weighted by molar-refractivity contribution is 9.11. The van der Waals surface area contributed by atoms with Gasteiger partial charge in [-0.15, -0.1) is 11.3 Å². The Hall–Kier alpha value is -1.53. The summed E-state index contributed by atoms with van der Waals surface area (Å²) in [6.07, 6.45) is 2.26. The molecule has 4 nitrogen and oxygen atoms in total. The largest absolute Gasteiger partial charge is 0.380 e. The molecule has 1 aliphatic rings. The normalized spacial score (nSPS) is 13.1. The Bertz CT molecular complexity index is 889. The summed E-state index contributed by atoms with van der Waals surface area (Å²) in [5, 5.41) is 8.20. The van der Waals surface area contributed by atoms with Gasteiger partial charge in [0.25, 0.3) is 0 Å². The second kappa shape index (κ2) is 7.38. The Labute approximate surface area is 160 Å². The number of thiophene rings is 1. The van der Waals surface area contributed by atoms with Crippen LogP contribution in [0.25, 0.3) is 5.70 Å². The molecule has 134 valence electrons. The molecular weight excluding hydrogens is 398 g/mol. The van der Waals surface area contributed by atoms with Crippen molar-refractivity contribution in [1.82, 2.24) is 10.3 Å². The van der Waals surface area contributed by atoms with Gasteiger partial charge in [0.1, 0.15) is 0 Å². The fraction of sp³-hybridized carbons (Fsp3) is 0.421. The zero-order chi connectivity index (χ0) is 18.1. The van der Waals surface area contributed by atoms with Gasteiger partial charge in [-0.2, -0.15) is 0 Å². The molecule has 0 aliphatic heterocycles. The van der Waals surface area contributed by atoms with Gasteiger partial charge in [-0.25, -0.2) is 0 Å². The molecular formula is C19H24BrN3OS. The van der Waals surface area contributed by atoms with Gasteiger partial charge in [0, 0.05) is 47.4 Å². The van der Waals surface area contributed by atoms with Gasteiger partial charge < -0.3 is 15.6 Å². The zero-order valence-electron chi connectivity index (χ0n) is 15.1. The van der Waals surface area contributed by atoms with Gasteiger partial charge in [0.2, 0.25) is 0 Å². The lowest BCUT2D eigenvalue weighted by molar-refractivity contribution is 0.853. The maximum atomic E-state index is 12.3. The molecule has 6 heteroatoms. The van der Waals surface area contributed by atoms with Crippen molar-refractivity contribution in [2.75, 3.05) is 11.9 Å². The van der Waals surface area contributed by atoms with E-state index in [1.165, 1.54) is 27.4 Å². The third kappa shape index (κ3) is 3.85. The van der Waals surface area contributed by atoms with Crippen molar-refractivity contribution in [1.29, 1.82) is 0 Å². The fourth-order valence-electron chi connectivity index (χ4n) is 3.07. The Balaban J connectivity index is 1.91. The highest BCUT2D eigenvalue weighted by Crippen LogP contribution is 2.44. The van der Waals surface area contributed by atoms with Crippen molar-refractivity contribution < 1.29 is 0 Å². The van der Waals surface area contributed by atoms with Crippen molar-refractivity contribution in [2.24, 2.45) is 0 Å². The van der Waals surface area contributed by atoms with Crippen LogP contribution in [-0.4, -0.2) is 11.5 Å². The first kappa shape index (κ1) is 18.3. The van der Waals surface area contributed by atoms with Crippen LogP contribution in [0.15, 0.2) is 20.2 Å². The van der Waals surface area contributed by atoms with Crippen LogP contribution in [0.3, 0.4) is 0 Å². The Morgan fingerprint density at radius 1 is 1.32 bits per heavy atom. The Morgan fingerprint density at radius 3 is 2.64 bits per heavy atom. The second-order valence-corrected chi connectivity index (χ2v) is 8.83. The van der Waals surface area contributed by atoms with E-state index in [2.05, 4.69) is 45.4 Å². The number of H-pyrrole nitrogens is 1. The Morgan fingerprint density at radius 2 is 2.04 bits per heavy atom. The van der Waals surface area contributed by atoms with E-state index >= 15 is 0 Å². The van der Waals surface area contributed by atoms with Gasteiger partial charge in [-0.1, -0.05) is 0 Å². The molecule has 2 aromatic heterocycles. The summed E-state index contributed by atoms with van der Waals surface area (Å²) in [7, 11) is 0. The fourth-order valence-corrected chi connectivity index (χ4v) is 5.06. The molecule has 0 saturated heterocycles. The van der Waals surface area contributed by atoms with Crippen molar-refractivity contribution in [3.05, 3.63) is 53.7 Å². The molecule has 2 heterocycles. The number of aryl methyl sites for hydroxylation is 2. The first-order valence-corrected chi connectivity index (χ1v) is 10.2. The van der Waals surface area contributed by atoms with E-state index in [4.69, 9.17) is 0 Å². The lowest BCUT2D eigenvalue weighted by Gasteiger charge is -2.14. The molecule has 0 atom stereocenters. The van der Waals surface area contributed by atoms with E-state index in [1.807, 2.05) is 13.8 Å². The second-order valence-electron chi connectivity index (χ2n) is 6.49. The average molecular weight is 422 g/mol. The molecule has 0 spiro atoms. The van der Waals surface area contributed by atoms with E-state index in [0.29, 0.717) is 6.54 Å². The summed E-state index contributed by atoms with van der Waals surface area (Å²) in [4.78, 5) is 15.6. The van der Waals surface area contributed by atoms with Crippen LogP contribution in [0, 0.1) is 20.8 Å². The van der Waals surface area contributed by atoms with E-state index < -0.39 is 0 Å². The van der Waals surface area contributed by atoms with Gasteiger partial charge >= 0.3 is 0 Å². The summed E-state index contributed by atoms with van der Waals surface area (Å²) in [5.74, 6) is 0. The highest BCUT2D eigenvalue weighted by Gasteiger charge is 2.25. The first-order valence-electron chi connectivity index (χ1n) is 8.60. The molecule has 1 saturated carbocycles. The third-order valence-electron chi connectivity index (χ3n) is 4.47. The van der Waals surface area contributed by atoms with E-state index in [0.717, 1.165) is 40.1 Å². The Kier molecular flexibility index (Phi) is 5.39. The number of pyridine rings is 1. The monoisotopic (exact) mass is 421 g/mol. The predicted octanol–water partition coefficient (Wildman–Crippen LogP) is 4.85. The molecule has 1 aliphatic carbocycles. The molecule has 0 radical (unpaired) electrons. The number of hydrogen-bond acceptors (Lipinski definition) is 4. The lowest BCUT2D eigenvalue weighted by atomic mass is 10.1. The number of aromatic nitrogens is 1. The SMILES string of the molecule is CCNc1sc(Br)c(C(NCc2c(C)[nH]c(C)cc2=O)=C2CC2)c1C. The molecule has 1 fully saturated rings. The maximum absolute atomic E-state index is 12.3. The number of rotatable bonds is 6. The summed E-state index contributed by atoms with van der Waals surface area (Å²) < 4.78 is 1.14. The summed E-state index contributed by atoms with van der Waals surface area (Å²) in [5.41, 5.74) is 7.85. The van der Waals surface area contributed by atoms with Crippen LogP contribution in [0.5, 0.6) is 0 Å². The van der Waals surface area contributed by atoms with Crippen LogP contribution in [0.2, 0.25) is 0 Å². The topological polar surface area (TPSA) is 56.9 Å². The third-order valence-corrected chi connectivity index (χ3v) is 6.39. The molecule has 0 amide bonds. The van der Waals surface area contributed by atoms with E-state index in [1.54, 1.807) is 17.4 Å². The first-order chi connectivity index (χ1) is 11.9. The molecule has 25 heavy (non-hydrogen) atoms. The van der Waals surface area contributed by atoms with Crippen molar-refractivity contribution in [2.45, 2.75) is 47.1 Å². The minimum absolute atomic E-state index is 0.0934. The lowest BCUT2D eigenvalue weighted by Crippen LogP contribution is -2.21. The van der Waals surface area contributed by atoms with Crippen LogP contribution in [0.4, 0.5) is 5.00 Å². The van der Waals surface area contributed by atoms with Crippen molar-refractivity contribution >= 4 is 38.0 Å². The van der Waals surface area contributed by atoms with E-state index in [-0.39, 0.29) is 5.43 Å². The predicted molar refractivity (Wildman–Crippen MR) is 110 cm³/mol. The number of aromatic amines is 1. The number of allylic oxidation sites excluding steroid dienone is 1. The van der Waals surface area contributed by atoms with Crippen molar-refractivity contribution in [3.63, 3.8) is 0 Å². The summed E-state index contributed by atoms with van der Waals surface area (Å²) in [6, 6.07) is 1.67. The molecule has 0 unspecified atom stereocenters. The van der Waals surface area contributed by atoms with Gasteiger partial charge in [0.15, 0.2) is 5.43 Å². The molecule has 3 N–H and O–H groups in total. The molecule has 3 rings (SSSR count). The molecule has 2 aromatic rings. The van der Waals surface area contributed by atoms with Crippen LogP contribution < -0.4 is 16.1 Å². The average Bonchev–Trinajstić information content (AvgIpc) is 3.32. The maximum Gasteiger partial charge on any atom is 0.187 e. The van der Waals surface area contributed by atoms with Crippen LogP contribution in [-0.2, 0) is 6.54 Å². The summed E-state index contributed by atoms with van der Waals surface area (Å²) >= 11 is 5.47. The number of halogens is 1. The van der Waals surface area contributed by atoms with Crippen molar-refractivity contribution in [3.8, 4) is 0 Å². The standard InChI is InChI=1S/C19H24BrN3OS/c1-5-21-19-11(3)16(18(20)25-19)17(13-6-7-13)22-9-14-12(4)23-10(2)8-15(14)24/h8,21-22H,5-7,9H2,1-4H3,(H,23,24). The van der Waals surface area contributed by atoms with Gasteiger partial charge in [-0.05, 0) is 67.6 Å². The quantitative estimate of drug-likeness (QED) is 0.624. The van der Waals surface area contributed by atoms with Crippen LogP contribution in [0.1, 0.15) is 47.8 Å². The van der Waals surface area contributed by atoms with Gasteiger partial charge in [0.05, 0.1) is 8.79 Å². The van der Waals surface area contributed by atoms with Gasteiger partial charge in [-0.3, -0.25) is 4.79 Å². The van der Waals surface area contributed by atoms with Crippen LogP contribution >= 0.6 is 27.3 Å². The zero-order valence-corrected chi connectivity index (χ0v) is 17.5. The molecule has 0 aromatic carbocycles. The summed E-state index contributed by atoms with van der Waals surface area (Å²) in [6.45, 7) is 9.59. The minimum atomic E-state index is 0.0934. The smallest absolute Gasteiger partial charge is 0.187 e. The molecule has 0 bridgehead atoms. The number of anilines is 1.